The number of nitrogens with one attached hydrogen (secondary N) is 1. The van der Waals surface area contributed by atoms with Gasteiger partial charge in [-0.05, 0) is 6.42 Å². The highest BCUT2D eigenvalue weighted by atomic mass is 16.3. The molecule has 1 unspecified atom stereocenters. The van der Waals surface area contributed by atoms with E-state index in [1.54, 1.807) is 0 Å². The lowest BCUT2D eigenvalue weighted by Gasteiger charge is -2.07. The summed E-state index contributed by atoms with van der Waals surface area (Å²) < 4.78 is 0. The van der Waals surface area contributed by atoms with Gasteiger partial charge in [0.25, 0.3) is 0 Å². The van der Waals surface area contributed by atoms with Crippen LogP contribution >= 0.6 is 0 Å². The first-order chi connectivity index (χ1) is 6.07. The molecular weight excluding hydrogens is 176 g/mol. The van der Waals surface area contributed by atoms with E-state index in [1.807, 2.05) is 0 Å². The van der Waals surface area contributed by atoms with Gasteiger partial charge in [-0.15, -0.1) is 0 Å². The topological polar surface area (TPSA) is 113 Å². The molecule has 0 heterocycles. The van der Waals surface area contributed by atoms with Gasteiger partial charge in [-0.3, -0.25) is 9.59 Å². The van der Waals surface area contributed by atoms with E-state index in [0.717, 1.165) is 0 Å². The summed E-state index contributed by atoms with van der Waals surface area (Å²) in [7, 11) is 0. The lowest BCUT2D eigenvalue weighted by Crippen LogP contribution is -2.39. The normalized spacial score (nSPS) is 12.2. The minimum atomic E-state index is -1.35. The van der Waals surface area contributed by atoms with E-state index in [9.17, 15) is 9.59 Å². The highest BCUT2D eigenvalue weighted by Gasteiger charge is 2.11. The van der Waals surface area contributed by atoms with E-state index in [4.69, 9.17) is 15.9 Å². The molecule has 0 spiro atoms. The summed E-state index contributed by atoms with van der Waals surface area (Å²) in [5.74, 6) is -1.20. The molecule has 0 aromatic carbocycles. The van der Waals surface area contributed by atoms with Crippen molar-refractivity contribution in [3.8, 4) is 0 Å². The van der Waals surface area contributed by atoms with E-state index in [1.165, 1.54) is 0 Å². The third kappa shape index (κ3) is 6.06. The van der Waals surface area contributed by atoms with Crippen molar-refractivity contribution >= 4 is 11.8 Å². The zero-order valence-corrected chi connectivity index (χ0v) is 7.19. The average molecular weight is 190 g/mol. The van der Waals surface area contributed by atoms with Crippen molar-refractivity contribution in [1.29, 1.82) is 0 Å². The second-order valence-electron chi connectivity index (χ2n) is 2.55. The predicted molar refractivity (Wildman–Crippen MR) is 44.5 cm³/mol. The molecule has 6 heteroatoms. The fraction of sp³-hybridized carbons (Fsp3) is 0.714. The van der Waals surface area contributed by atoms with Crippen molar-refractivity contribution in [3.05, 3.63) is 0 Å². The van der Waals surface area contributed by atoms with E-state index >= 15 is 0 Å². The van der Waals surface area contributed by atoms with Gasteiger partial charge in [-0.25, -0.2) is 0 Å². The van der Waals surface area contributed by atoms with Gasteiger partial charge >= 0.3 is 0 Å². The Morgan fingerprint density at radius 3 is 2.54 bits per heavy atom. The molecule has 76 valence electrons. The minimum absolute atomic E-state index is 0.0637. The number of hydrogen-bond acceptors (Lipinski definition) is 4. The Balaban J connectivity index is 3.52. The molecule has 0 fully saturated rings. The number of rotatable bonds is 6. The Morgan fingerprint density at radius 1 is 1.46 bits per heavy atom. The second-order valence-corrected chi connectivity index (χ2v) is 2.55. The highest BCUT2D eigenvalue weighted by molar-refractivity contribution is 5.80. The summed E-state index contributed by atoms with van der Waals surface area (Å²) in [5.41, 5.74) is 4.74. The Morgan fingerprint density at radius 2 is 2.08 bits per heavy atom. The fourth-order valence-electron chi connectivity index (χ4n) is 0.639. The molecule has 0 aromatic heterocycles. The molecule has 0 saturated carbocycles. The molecular formula is C7H14N2O4. The zero-order valence-electron chi connectivity index (χ0n) is 7.19. The summed E-state index contributed by atoms with van der Waals surface area (Å²) in [6, 6.07) is 0. The van der Waals surface area contributed by atoms with Gasteiger partial charge < -0.3 is 21.3 Å². The standard InChI is InChI=1S/C7H14N2O4/c8-7(13)5(11)4-9-6(12)2-1-3-10/h5,10-11H,1-4H2,(H2,8,13)(H,9,12). The van der Waals surface area contributed by atoms with E-state index in [-0.39, 0.29) is 25.5 Å². The third-order valence-electron chi connectivity index (χ3n) is 1.38. The first-order valence-corrected chi connectivity index (χ1v) is 3.93. The van der Waals surface area contributed by atoms with Crippen LogP contribution in [0.5, 0.6) is 0 Å². The van der Waals surface area contributed by atoms with Crippen molar-refractivity contribution in [3.63, 3.8) is 0 Å². The van der Waals surface area contributed by atoms with Crippen LogP contribution in [0.3, 0.4) is 0 Å². The summed E-state index contributed by atoms with van der Waals surface area (Å²) in [4.78, 5) is 21.2. The Labute approximate surface area is 75.7 Å². The van der Waals surface area contributed by atoms with Gasteiger partial charge in [-0.2, -0.15) is 0 Å². The Kier molecular flexibility index (Phi) is 5.82. The van der Waals surface area contributed by atoms with Crippen molar-refractivity contribution in [2.45, 2.75) is 18.9 Å². The summed E-state index contributed by atoms with van der Waals surface area (Å²) in [6.45, 7) is -0.245. The number of nitrogens with two attached hydrogens (primary N) is 1. The van der Waals surface area contributed by atoms with Crippen molar-refractivity contribution in [2.75, 3.05) is 13.2 Å². The molecule has 1 atom stereocenters. The summed E-state index contributed by atoms with van der Waals surface area (Å²) in [6.07, 6.45) is -0.821. The van der Waals surface area contributed by atoms with Gasteiger partial charge in [0.15, 0.2) is 0 Å². The van der Waals surface area contributed by atoms with Gasteiger partial charge in [0, 0.05) is 13.0 Å². The van der Waals surface area contributed by atoms with E-state index in [2.05, 4.69) is 5.32 Å². The number of amides is 2. The lowest BCUT2D eigenvalue weighted by atomic mass is 10.3. The molecule has 0 saturated heterocycles. The number of hydrogen-bond donors (Lipinski definition) is 4. The summed E-state index contributed by atoms with van der Waals surface area (Å²) in [5, 5.41) is 19.5. The monoisotopic (exact) mass is 190 g/mol. The molecule has 0 rings (SSSR count). The van der Waals surface area contributed by atoms with Crippen LogP contribution in [0.1, 0.15) is 12.8 Å². The van der Waals surface area contributed by atoms with Crippen molar-refractivity contribution in [1.82, 2.24) is 5.32 Å². The van der Waals surface area contributed by atoms with Crippen molar-refractivity contribution in [2.24, 2.45) is 5.73 Å². The highest BCUT2D eigenvalue weighted by Crippen LogP contribution is 1.87. The van der Waals surface area contributed by atoms with Gasteiger partial charge in [0.05, 0.1) is 6.54 Å². The number of primary amides is 1. The molecule has 5 N–H and O–H groups in total. The molecule has 0 radical (unpaired) electrons. The lowest BCUT2D eigenvalue weighted by molar-refractivity contribution is -0.127. The Bertz CT molecular complexity index is 183. The molecule has 0 aromatic rings. The van der Waals surface area contributed by atoms with E-state index < -0.39 is 12.0 Å². The van der Waals surface area contributed by atoms with Crippen LogP contribution in [0.15, 0.2) is 0 Å². The maximum absolute atomic E-state index is 10.8. The molecule has 2 amide bonds. The van der Waals surface area contributed by atoms with Crippen LogP contribution in [0, 0.1) is 0 Å². The SMILES string of the molecule is NC(=O)C(O)CNC(=O)CCCO. The number of carbonyl (C=O) groups excluding carboxylic acids is 2. The molecule has 13 heavy (non-hydrogen) atoms. The van der Waals surface area contributed by atoms with Crippen molar-refractivity contribution < 1.29 is 19.8 Å². The third-order valence-corrected chi connectivity index (χ3v) is 1.38. The molecule has 0 aliphatic rings. The Hall–Kier alpha value is -1.14. The summed E-state index contributed by atoms with van der Waals surface area (Å²) >= 11 is 0. The smallest absolute Gasteiger partial charge is 0.248 e. The van der Waals surface area contributed by atoms with Crippen LogP contribution in [-0.2, 0) is 9.59 Å². The second kappa shape index (κ2) is 6.38. The maximum atomic E-state index is 10.8. The fourth-order valence-corrected chi connectivity index (χ4v) is 0.639. The number of carbonyl (C=O) groups is 2. The first-order valence-electron chi connectivity index (χ1n) is 3.93. The van der Waals surface area contributed by atoms with Crippen LogP contribution in [-0.4, -0.2) is 41.3 Å². The van der Waals surface area contributed by atoms with Gasteiger partial charge in [0.1, 0.15) is 6.10 Å². The van der Waals surface area contributed by atoms with Gasteiger partial charge in [-0.1, -0.05) is 0 Å². The molecule has 6 nitrogen and oxygen atoms in total. The molecule has 0 bridgehead atoms. The van der Waals surface area contributed by atoms with E-state index in [0.29, 0.717) is 6.42 Å². The molecule has 0 aliphatic carbocycles. The van der Waals surface area contributed by atoms with Crippen LogP contribution < -0.4 is 11.1 Å². The largest absolute Gasteiger partial charge is 0.396 e. The zero-order chi connectivity index (χ0) is 10.3. The van der Waals surface area contributed by atoms with Crippen LogP contribution in [0.25, 0.3) is 0 Å². The maximum Gasteiger partial charge on any atom is 0.248 e. The number of aliphatic hydroxyl groups is 2. The molecule has 0 aliphatic heterocycles. The van der Waals surface area contributed by atoms with Crippen LogP contribution in [0.2, 0.25) is 0 Å². The predicted octanol–water partition coefficient (Wildman–Crippen LogP) is -2.28. The average Bonchev–Trinajstić information content (AvgIpc) is 2.10. The number of aliphatic hydroxyl groups excluding tert-OH is 2. The van der Waals surface area contributed by atoms with Crippen LogP contribution in [0.4, 0.5) is 0 Å². The van der Waals surface area contributed by atoms with Gasteiger partial charge in [0.2, 0.25) is 11.8 Å². The minimum Gasteiger partial charge on any atom is -0.396 e. The first kappa shape index (κ1) is 11.9. The quantitative estimate of drug-likeness (QED) is 0.378.